The Morgan fingerprint density at radius 3 is 1.98 bits per heavy atom. The summed E-state index contributed by atoms with van der Waals surface area (Å²) < 4.78 is 21.8. The summed E-state index contributed by atoms with van der Waals surface area (Å²) in [6, 6.07) is 18.9. The first-order valence-electron chi connectivity index (χ1n) is 15.2. The van der Waals surface area contributed by atoms with Gasteiger partial charge in [0.1, 0.15) is 22.9 Å². The van der Waals surface area contributed by atoms with Crippen LogP contribution in [0.3, 0.4) is 0 Å². The van der Waals surface area contributed by atoms with Crippen LogP contribution in [0.15, 0.2) is 66.9 Å². The van der Waals surface area contributed by atoms with Crippen LogP contribution in [-0.4, -0.2) is 87.1 Å². The van der Waals surface area contributed by atoms with E-state index >= 15 is 0 Å². The molecule has 0 amide bonds. The van der Waals surface area contributed by atoms with Crippen molar-refractivity contribution in [2.45, 2.75) is 13.8 Å². The van der Waals surface area contributed by atoms with Crippen molar-refractivity contribution in [1.29, 1.82) is 0 Å². The number of aromatic nitrogens is 2. The van der Waals surface area contributed by atoms with Crippen LogP contribution in [-0.2, 0) is 9.47 Å². The van der Waals surface area contributed by atoms with Crippen molar-refractivity contribution in [1.82, 2.24) is 9.97 Å². The SMILES string of the molecule is COc1ccc(N(O)c2ccnc(Nc3cc(N4CCOCC4)cc(N4CCOCC4)c3)n2)c(OC)c1.Cc1cccc(C)c1O.[HH]. The lowest BCUT2D eigenvalue weighted by Gasteiger charge is -2.33. The van der Waals surface area contributed by atoms with Crippen molar-refractivity contribution < 1.29 is 30.7 Å². The fourth-order valence-corrected chi connectivity index (χ4v) is 5.22. The predicted molar refractivity (Wildman–Crippen MR) is 181 cm³/mol. The van der Waals surface area contributed by atoms with Crippen LogP contribution >= 0.6 is 0 Å². The van der Waals surface area contributed by atoms with E-state index in [4.69, 9.17) is 18.9 Å². The molecule has 0 spiro atoms. The predicted octanol–water partition coefficient (Wildman–Crippen LogP) is 5.69. The van der Waals surface area contributed by atoms with Gasteiger partial charge in [-0.25, -0.2) is 10.0 Å². The van der Waals surface area contributed by atoms with E-state index in [1.54, 1.807) is 37.6 Å². The van der Waals surface area contributed by atoms with Crippen molar-refractivity contribution >= 4 is 34.5 Å². The van der Waals surface area contributed by atoms with Crippen LogP contribution in [0.25, 0.3) is 0 Å². The number of phenolic OH excluding ortho intramolecular Hbond substituents is 1. The van der Waals surface area contributed by atoms with Crippen molar-refractivity contribution in [3.63, 3.8) is 0 Å². The summed E-state index contributed by atoms with van der Waals surface area (Å²) in [6.45, 7) is 9.94. The maximum atomic E-state index is 10.9. The van der Waals surface area contributed by atoms with E-state index in [0.717, 1.165) is 59.4 Å². The third-order valence-corrected chi connectivity index (χ3v) is 7.82. The molecule has 0 aliphatic carbocycles. The molecule has 3 heterocycles. The minimum absolute atomic E-state index is 0. The Bertz CT molecular complexity index is 1540. The van der Waals surface area contributed by atoms with Gasteiger partial charge in [0.25, 0.3) is 0 Å². The first-order valence-corrected chi connectivity index (χ1v) is 15.2. The first kappa shape index (κ1) is 32.6. The molecule has 2 fully saturated rings. The molecule has 2 aliphatic rings. The Hall–Kier alpha value is -4.78. The molecule has 0 saturated carbocycles. The number of hydrogen-bond donors (Lipinski definition) is 3. The maximum absolute atomic E-state index is 10.9. The molecule has 46 heavy (non-hydrogen) atoms. The third-order valence-electron chi connectivity index (χ3n) is 7.82. The van der Waals surface area contributed by atoms with Gasteiger partial charge in [-0.3, -0.25) is 5.21 Å². The summed E-state index contributed by atoms with van der Waals surface area (Å²) in [5, 5.41) is 24.4. The lowest BCUT2D eigenvalue weighted by atomic mass is 10.1. The summed E-state index contributed by atoms with van der Waals surface area (Å²) in [6.07, 6.45) is 1.60. The molecule has 12 nitrogen and oxygen atoms in total. The molecule has 2 saturated heterocycles. The van der Waals surface area contributed by atoms with Gasteiger partial charge in [-0.1, -0.05) is 18.2 Å². The number of benzene rings is 3. The number of methoxy groups -OCH3 is 2. The van der Waals surface area contributed by atoms with E-state index < -0.39 is 0 Å². The number of phenols is 1. The number of hydrogen-bond acceptors (Lipinski definition) is 12. The van der Waals surface area contributed by atoms with Crippen LogP contribution in [0.5, 0.6) is 17.2 Å². The largest absolute Gasteiger partial charge is 0.507 e. The highest BCUT2D eigenvalue weighted by Gasteiger charge is 2.19. The summed E-state index contributed by atoms with van der Waals surface area (Å²) in [7, 11) is 3.11. The Labute approximate surface area is 271 Å². The quantitative estimate of drug-likeness (QED) is 0.207. The minimum Gasteiger partial charge on any atom is -0.507 e. The van der Waals surface area contributed by atoms with Crippen molar-refractivity contribution in [2.75, 3.05) is 87.0 Å². The number of aryl methyl sites for hydroxylation is 2. The van der Waals surface area contributed by atoms with E-state index in [1.807, 2.05) is 32.0 Å². The smallest absolute Gasteiger partial charge is 0.229 e. The van der Waals surface area contributed by atoms with Gasteiger partial charge in [0.15, 0.2) is 5.82 Å². The molecular formula is C34H44N6O6. The lowest BCUT2D eigenvalue weighted by molar-refractivity contribution is 0.122. The third kappa shape index (κ3) is 8.08. The number of anilines is 6. The number of nitrogens with zero attached hydrogens (tertiary/aromatic N) is 5. The zero-order valence-corrected chi connectivity index (χ0v) is 26.8. The van der Waals surface area contributed by atoms with Crippen molar-refractivity contribution in [2.24, 2.45) is 0 Å². The number of nitrogens with one attached hydrogen (secondary N) is 1. The van der Waals surface area contributed by atoms with Gasteiger partial charge >= 0.3 is 0 Å². The Balaban J connectivity index is 0.000000434. The van der Waals surface area contributed by atoms with Crippen molar-refractivity contribution in [3.8, 4) is 17.2 Å². The molecule has 0 radical (unpaired) electrons. The van der Waals surface area contributed by atoms with Gasteiger partial charge in [-0.05, 0) is 55.3 Å². The highest BCUT2D eigenvalue weighted by atomic mass is 16.5. The average molecular weight is 633 g/mol. The molecule has 0 atom stereocenters. The molecule has 0 unspecified atom stereocenters. The van der Waals surface area contributed by atoms with Gasteiger partial charge < -0.3 is 39.2 Å². The molecule has 6 rings (SSSR count). The van der Waals surface area contributed by atoms with E-state index in [0.29, 0.717) is 61.1 Å². The highest BCUT2D eigenvalue weighted by molar-refractivity contribution is 5.72. The van der Waals surface area contributed by atoms with E-state index in [1.165, 1.54) is 7.11 Å². The first-order chi connectivity index (χ1) is 22.4. The fraction of sp³-hybridized carbons (Fsp3) is 0.353. The summed E-state index contributed by atoms with van der Waals surface area (Å²) in [5.41, 5.74) is 5.38. The molecule has 2 aliphatic heterocycles. The van der Waals surface area contributed by atoms with Gasteiger partial charge in [-0.2, -0.15) is 4.98 Å². The summed E-state index contributed by atoms with van der Waals surface area (Å²) >= 11 is 0. The molecule has 1 aromatic heterocycles. The summed E-state index contributed by atoms with van der Waals surface area (Å²) in [5.74, 6) is 2.13. The molecule has 12 heteroatoms. The number of ether oxygens (including phenoxy) is 4. The number of aromatic hydroxyl groups is 1. The number of rotatable bonds is 8. The lowest BCUT2D eigenvalue weighted by Crippen LogP contribution is -2.38. The monoisotopic (exact) mass is 632 g/mol. The molecule has 246 valence electrons. The van der Waals surface area contributed by atoms with Crippen LogP contribution in [0.4, 0.5) is 34.5 Å². The van der Waals surface area contributed by atoms with Gasteiger partial charge in [-0.15, -0.1) is 0 Å². The topological polar surface area (TPSA) is 125 Å². The average Bonchev–Trinajstić information content (AvgIpc) is 3.11. The fourth-order valence-electron chi connectivity index (χ4n) is 5.22. The van der Waals surface area contributed by atoms with Crippen LogP contribution < -0.4 is 29.7 Å². The second-order valence-corrected chi connectivity index (χ2v) is 10.9. The van der Waals surface area contributed by atoms with Gasteiger partial charge in [0.05, 0.1) is 40.6 Å². The molecule has 4 aromatic rings. The Morgan fingerprint density at radius 2 is 1.43 bits per heavy atom. The number of para-hydroxylation sites is 1. The molecular weight excluding hydrogens is 588 g/mol. The van der Waals surface area contributed by atoms with Crippen LogP contribution in [0.2, 0.25) is 0 Å². The number of morpholine rings is 2. The summed E-state index contributed by atoms with van der Waals surface area (Å²) in [4.78, 5) is 13.6. The van der Waals surface area contributed by atoms with E-state index in [2.05, 4.69) is 43.3 Å². The van der Waals surface area contributed by atoms with Crippen LogP contribution in [0, 0.1) is 13.8 Å². The second-order valence-electron chi connectivity index (χ2n) is 10.9. The molecule has 3 aromatic carbocycles. The zero-order valence-electron chi connectivity index (χ0n) is 26.8. The van der Waals surface area contributed by atoms with Gasteiger partial charge in [0.2, 0.25) is 5.95 Å². The van der Waals surface area contributed by atoms with E-state index in [9.17, 15) is 10.3 Å². The minimum atomic E-state index is 0. The standard InChI is InChI=1S/C26H32N6O5.C8H10O.H2/c1-34-22-3-4-23(24(18-22)35-2)32(33)25-5-6-27-26(29-25)28-19-15-20(30-7-11-36-12-8-30)17-21(16-19)31-9-13-37-14-10-31;1-6-4-3-5-7(2)8(6)9;/h3-6,15-18,33H,7-14H2,1-2H3,(H,27,28,29);3-5,9H,1-2H3;1H. The van der Waals surface area contributed by atoms with Crippen LogP contribution in [0.1, 0.15) is 12.6 Å². The van der Waals surface area contributed by atoms with Gasteiger partial charge in [0, 0.05) is 63.0 Å². The Morgan fingerprint density at radius 1 is 0.826 bits per heavy atom. The maximum Gasteiger partial charge on any atom is 0.229 e. The highest BCUT2D eigenvalue weighted by Crippen LogP contribution is 2.35. The van der Waals surface area contributed by atoms with Crippen molar-refractivity contribution in [3.05, 3.63) is 78.0 Å². The van der Waals surface area contributed by atoms with E-state index in [-0.39, 0.29) is 1.43 Å². The zero-order chi connectivity index (χ0) is 32.5. The molecule has 0 bridgehead atoms. The Kier molecular flexibility index (Phi) is 11.0. The second kappa shape index (κ2) is 15.5. The molecule has 3 N–H and O–H groups in total. The normalized spacial score (nSPS) is 14.6.